The first kappa shape index (κ1) is 23.7. The molecule has 0 spiro atoms. The van der Waals surface area contributed by atoms with Crippen LogP contribution in [-0.2, 0) is 23.4 Å². The molecule has 3 rings (SSSR count). The minimum Gasteiger partial charge on any atom is -0.468 e. The third-order valence-electron chi connectivity index (χ3n) is 4.51. The molecule has 1 aromatic carbocycles. The van der Waals surface area contributed by atoms with Crippen molar-refractivity contribution in [3.63, 3.8) is 0 Å². The Labute approximate surface area is 183 Å². The largest absolute Gasteiger partial charge is 0.468 e. The molecule has 2 N–H and O–H groups in total. The molecule has 0 saturated carbocycles. The van der Waals surface area contributed by atoms with Crippen molar-refractivity contribution in [2.45, 2.75) is 32.2 Å². The van der Waals surface area contributed by atoms with Crippen molar-refractivity contribution >= 4 is 13.7 Å². The van der Waals surface area contributed by atoms with E-state index in [2.05, 4.69) is 14.8 Å². The highest BCUT2D eigenvalue weighted by Gasteiger charge is 2.34. The first-order valence-electron chi connectivity index (χ1n) is 9.72. The second-order valence-electron chi connectivity index (χ2n) is 6.97. The van der Waals surface area contributed by atoms with E-state index < -0.39 is 43.3 Å². The van der Waals surface area contributed by atoms with E-state index in [1.807, 2.05) is 0 Å². The first-order chi connectivity index (χ1) is 15.2. The average Bonchev–Trinajstić information content (AvgIpc) is 3.20. The maximum atomic E-state index is 13.3. The molecule has 1 unspecified atom stereocenters. The van der Waals surface area contributed by atoms with Crippen molar-refractivity contribution in [3.8, 4) is 5.75 Å². The summed E-state index contributed by atoms with van der Waals surface area (Å²) < 4.78 is 36.1. The Hall–Kier alpha value is -2.98. The lowest BCUT2D eigenvalue weighted by atomic mass is 10.3. The molecule has 12 heteroatoms. The van der Waals surface area contributed by atoms with Crippen molar-refractivity contribution in [3.05, 3.63) is 75.1 Å². The highest BCUT2D eigenvalue weighted by atomic mass is 31.2. The Balaban J connectivity index is 1.70. The van der Waals surface area contributed by atoms with Crippen LogP contribution < -0.4 is 20.9 Å². The highest BCUT2D eigenvalue weighted by Crippen LogP contribution is 2.45. The molecule has 32 heavy (non-hydrogen) atoms. The zero-order valence-corrected chi connectivity index (χ0v) is 18.6. The van der Waals surface area contributed by atoms with Gasteiger partial charge in [-0.1, -0.05) is 24.3 Å². The van der Waals surface area contributed by atoms with Crippen LogP contribution >= 0.6 is 7.75 Å². The molecule has 2 heterocycles. The molecular weight excluding hydrogens is 441 g/mol. The summed E-state index contributed by atoms with van der Waals surface area (Å²) in [5.41, 5.74) is -0.699. The molecule has 4 atom stereocenters. The lowest BCUT2D eigenvalue weighted by Gasteiger charge is -2.24. The lowest BCUT2D eigenvalue weighted by molar-refractivity contribution is -0.142. The minimum absolute atomic E-state index is 0.199. The monoisotopic (exact) mass is 465 g/mol. The van der Waals surface area contributed by atoms with Crippen molar-refractivity contribution in [2.24, 2.45) is 0 Å². The van der Waals surface area contributed by atoms with E-state index in [-0.39, 0.29) is 12.4 Å². The van der Waals surface area contributed by atoms with Gasteiger partial charge in [-0.3, -0.25) is 23.7 Å². The summed E-state index contributed by atoms with van der Waals surface area (Å²) in [6, 6.07) is 8.65. The number of ether oxygens (including phenoxy) is 2. The maximum Gasteiger partial charge on any atom is 0.459 e. The second-order valence-corrected chi connectivity index (χ2v) is 8.67. The van der Waals surface area contributed by atoms with E-state index >= 15 is 0 Å². The van der Waals surface area contributed by atoms with Crippen molar-refractivity contribution in [1.82, 2.24) is 14.6 Å². The molecule has 0 saturated heterocycles. The van der Waals surface area contributed by atoms with E-state index in [9.17, 15) is 18.9 Å². The molecule has 2 aromatic rings. The van der Waals surface area contributed by atoms with Crippen molar-refractivity contribution in [2.75, 3.05) is 13.7 Å². The number of aromatic nitrogens is 2. The van der Waals surface area contributed by atoms with Gasteiger partial charge >= 0.3 is 19.4 Å². The third-order valence-corrected chi connectivity index (χ3v) is 6.16. The number of benzene rings is 1. The standard InChI is InChI=1S/C20H24N3O8P/c1-13-11-17(24)21-20(26)23(13)18-10-9-16(30-18)12-29-32(27,22-14(2)19(25)28-3)31-15-7-5-4-6-8-15/h4-11,14,16,18H,12H2,1-3H3,(H,22,27)(H,21,24,26)/t14-,16-,18+,32?/m0/s1. The number of nitrogens with one attached hydrogen (secondary N) is 2. The average molecular weight is 465 g/mol. The maximum absolute atomic E-state index is 13.3. The van der Waals surface area contributed by atoms with Crippen LogP contribution in [0.5, 0.6) is 5.75 Å². The predicted molar refractivity (Wildman–Crippen MR) is 114 cm³/mol. The Morgan fingerprint density at radius 3 is 2.66 bits per heavy atom. The van der Waals surface area contributed by atoms with Crippen LogP contribution in [0.3, 0.4) is 0 Å². The molecule has 0 fully saturated rings. The number of rotatable bonds is 9. The van der Waals surface area contributed by atoms with Gasteiger partial charge in [-0.2, -0.15) is 5.09 Å². The normalized spacial score (nSPS) is 20.5. The number of hydrogen-bond acceptors (Lipinski definition) is 8. The topological polar surface area (TPSA) is 138 Å². The number of aryl methyl sites for hydroxylation is 1. The number of hydrogen-bond donors (Lipinski definition) is 2. The first-order valence-corrected chi connectivity index (χ1v) is 11.3. The van der Waals surface area contributed by atoms with Gasteiger partial charge in [0.2, 0.25) is 0 Å². The molecule has 172 valence electrons. The molecule has 0 bridgehead atoms. The summed E-state index contributed by atoms with van der Waals surface area (Å²) in [5.74, 6) is -0.368. The fourth-order valence-electron chi connectivity index (χ4n) is 3.02. The molecular formula is C20H24N3O8P. The number of methoxy groups -OCH3 is 1. The molecule has 11 nitrogen and oxygen atoms in total. The van der Waals surface area contributed by atoms with Crippen LogP contribution in [-0.4, -0.2) is 41.4 Å². The second kappa shape index (κ2) is 10.1. The quantitative estimate of drug-likeness (QED) is 0.322. The van der Waals surface area contributed by atoms with Gasteiger partial charge < -0.3 is 14.0 Å². The zero-order chi connectivity index (χ0) is 23.3. The fourth-order valence-corrected chi connectivity index (χ4v) is 4.52. The Kier molecular flexibility index (Phi) is 7.47. The smallest absolute Gasteiger partial charge is 0.459 e. The zero-order valence-electron chi connectivity index (χ0n) is 17.7. The van der Waals surface area contributed by atoms with Crippen LogP contribution in [0.2, 0.25) is 0 Å². The van der Waals surface area contributed by atoms with Gasteiger partial charge in [0.05, 0.1) is 13.7 Å². The minimum atomic E-state index is -4.01. The van der Waals surface area contributed by atoms with Gasteiger partial charge in [0, 0.05) is 11.8 Å². The molecule has 1 aliphatic heterocycles. The van der Waals surface area contributed by atoms with Gasteiger partial charge in [-0.05, 0) is 32.1 Å². The van der Waals surface area contributed by atoms with Gasteiger partial charge in [0.1, 0.15) is 17.9 Å². The van der Waals surface area contributed by atoms with Crippen molar-refractivity contribution < 1.29 is 27.9 Å². The Bertz CT molecular complexity index is 1140. The number of carbonyl (C=O) groups excluding carboxylic acids is 1. The highest BCUT2D eigenvalue weighted by molar-refractivity contribution is 7.52. The van der Waals surface area contributed by atoms with Gasteiger partial charge in [0.15, 0.2) is 6.23 Å². The van der Waals surface area contributed by atoms with Crippen LogP contribution in [0, 0.1) is 6.92 Å². The number of para-hydroxylation sites is 1. The van der Waals surface area contributed by atoms with E-state index in [1.54, 1.807) is 49.4 Å². The van der Waals surface area contributed by atoms with Gasteiger partial charge in [-0.25, -0.2) is 9.36 Å². The van der Waals surface area contributed by atoms with Crippen LogP contribution in [0.25, 0.3) is 0 Å². The van der Waals surface area contributed by atoms with E-state index in [1.165, 1.54) is 24.7 Å². The summed E-state index contributed by atoms with van der Waals surface area (Å²) in [6.07, 6.45) is 1.82. The number of H-pyrrole nitrogens is 1. The molecule has 1 aliphatic rings. The third kappa shape index (κ3) is 5.83. The number of carbonyl (C=O) groups is 1. The molecule has 0 aliphatic carbocycles. The SMILES string of the molecule is COC(=O)[C@H](C)NP(=O)(OC[C@@H]1C=C[C@H](n2c(C)cc(=O)[nH]c2=O)O1)Oc1ccccc1. The number of esters is 1. The summed E-state index contributed by atoms with van der Waals surface area (Å²) in [6.45, 7) is 2.87. The van der Waals surface area contributed by atoms with E-state index in [4.69, 9.17) is 13.8 Å². The molecule has 0 amide bonds. The van der Waals surface area contributed by atoms with E-state index in [0.29, 0.717) is 5.69 Å². The van der Waals surface area contributed by atoms with Crippen LogP contribution in [0.15, 0.2) is 58.1 Å². The number of nitrogens with zero attached hydrogens (tertiary/aromatic N) is 1. The van der Waals surface area contributed by atoms with E-state index in [0.717, 1.165) is 0 Å². The Morgan fingerprint density at radius 1 is 1.28 bits per heavy atom. The van der Waals surface area contributed by atoms with Gasteiger partial charge in [-0.15, -0.1) is 0 Å². The van der Waals surface area contributed by atoms with Crippen LogP contribution in [0.4, 0.5) is 0 Å². The molecule has 0 radical (unpaired) electrons. The summed E-state index contributed by atoms with van der Waals surface area (Å²) in [7, 11) is -2.80. The summed E-state index contributed by atoms with van der Waals surface area (Å²) >= 11 is 0. The summed E-state index contributed by atoms with van der Waals surface area (Å²) in [4.78, 5) is 37.5. The van der Waals surface area contributed by atoms with Gasteiger partial charge in [0.25, 0.3) is 5.56 Å². The number of aromatic amines is 1. The summed E-state index contributed by atoms with van der Waals surface area (Å²) in [5, 5.41) is 2.55. The van der Waals surface area contributed by atoms with Crippen LogP contribution in [0.1, 0.15) is 18.8 Å². The lowest BCUT2D eigenvalue weighted by Crippen LogP contribution is -2.35. The predicted octanol–water partition coefficient (Wildman–Crippen LogP) is 1.65. The fraction of sp³-hybridized carbons (Fsp3) is 0.350. The Morgan fingerprint density at radius 2 is 2.00 bits per heavy atom. The van der Waals surface area contributed by atoms with Crippen molar-refractivity contribution in [1.29, 1.82) is 0 Å². The molecule has 1 aromatic heterocycles.